The van der Waals surface area contributed by atoms with Gasteiger partial charge in [0, 0.05) is 38.4 Å². The molecule has 5 nitrogen and oxygen atoms in total. The van der Waals surface area contributed by atoms with Crippen LogP contribution in [0.2, 0.25) is 0 Å². The van der Waals surface area contributed by atoms with Crippen LogP contribution in [0, 0.1) is 5.92 Å². The number of aliphatic imine (C=N–C) groups is 1. The maximum atomic E-state index is 5.63. The van der Waals surface area contributed by atoms with Gasteiger partial charge in [-0.05, 0) is 19.6 Å². The van der Waals surface area contributed by atoms with Crippen molar-refractivity contribution in [3.05, 3.63) is 0 Å². The Kier molecular flexibility index (Phi) is 9.87. The van der Waals surface area contributed by atoms with Gasteiger partial charge in [-0.2, -0.15) is 11.8 Å². The number of likely N-dealkylation sites (tertiary alicyclic amines) is 1. The van der Waals surface area contributed by atoms with Gasteiger partial charge in [-0.15, -0.1) is 0 Å². The number of nitrogens with zero attached hydrogens (tertiary/aromatic N) is 2. The fourth-order valence-corrected chi connectivity index (χ4v) is 2.50. The second kappa shape index (κ2) is 11.2. The number of hydrogen-bond acceptors (Lipinski definition) is 4. The van der Waals surface area contributed by atoms with Gasteiger partial charge in [-0.1, -0.05) is 0 Å². The van der Waals surface area contributed by atoms with Gasteiger partial charge in [0.15, 0.2) is 5.96 Å². The molecule has 1 rings (SSSR count). The molecule has 1 saturated heterocycles. The summed E-state index contributed by atoms with van der Waals surface area (Å²) < 4.78 is 10.6. The number of rotatable bonds is 9. The topological polar surface area (TPSA) is 46.1 Å². The molecule has 1 unspecified atom stereocenters. The Hall–Kier alpha value is -0.460. The van der Waals surface area contributed by atoms with Crippen LogP contribution in [0.1, 0.15) is 13.3 Å². The van der Waals surface area contributed by atoms with Crippen molar-refractivity contribution in [2.75, 3.05) is 65.1 Å². The third-order valence-corrected chi connectivity index (χ3v) is 3.85. The first-order valence-corrected chi connectivity index (χ1v) is 8.80. The summed E-state index contributed by atoms with van der Waals surface area (Å²) in [5.41, 5.74) is 0. The molecule has 0 spiro atoms. The third kappa shape index (κ3) is 6.81. The van der Waals surface area contributed by atoms with E-state index in [2.05, 4.69) is 28.4 Å². The van der Waals surface area contributed by atoms with E-state index in [0.29, 0.717) is 19.1 Å². The minimum atomic E-state index is 0.608. The normalized spacial score (nSPS) is 19.6. The largest absolute Gasteiger partial charge is 0.382 e. The average Bonchev–Trinajstić information content (AvgIpc) is 2.92. The Morgan fingerprint density at radius 1 is 1.45 bits per heavy atom. The lowest BCUT2D eigenvalue weighted by atomic mass is 10.1. The molecule has 118 valence electrons. The zero-order valence-corrected chi connectivity index (χ0v) is 13.9. The minimum absolute atomic E-state index is 0.608. The zero-order chi connectivity index (χ0) is 14.6. The van der Waals surface area contributed by atoms with Crippen LogP contribution in [0.15, 0.2) is 4.99 Å². The summed E-state index contributed by atoms with van der Waals surface area (Å²) in [7, 11) is 1.70. The van der Waals surface area contributed by atoms with Gasteiger partial charge in [-0.25, -0.2) is 0 Å². The molecule has 0 aromatic heterocycles. The van der Waals surface area contributed by atoms with E-state index in [1.165, 1.54) is 6.42 Å². The summed E-state index contributed by atoms with van der Waals surface area (Å²) in [6.07, 6.45) is 3.30. The van der Waals surface area contributed by atoms with Crippen LogP contribution in [0.3, 0.4) is 0 Å². The smallest absolute Gasteiger partial charge is 0.193 e. The van der Waals surface area contributed by atoms with E-state index in [1.807, 2.05) is 11.8 Å². The summed E-state index contributed by atoms with van der Waals surface area (Å²) in [4.78, 5) is 7.03. The van der Waals surface area contributed by atoms with E-state index >= 15 is 0 Å². The highest BCUT2D eigenvalue weighted by molar-refractivity contribution is 7.98. The zero-order valence-electron chi connectivity index (χ0n) is 13.1. The van der Waals surface area contributed by atoms with Crippen LogP contribution >= 0.6 is 11.8 Å². The van der Waals surface area contributed by atoms with Gasteiger partial charge >= 0.3 is 0 Å². The lowest BCUT2D eigenvalue weighted by Gasteiger charge is -2.21. The lowest BCUT2D eigenvalue weighted by Crippen LogP contribution is -2.40. The number of guanidine groups is 1. The van der Waals surface area contributed by atoms with Crippen molar-refractivity contribution in [1.82, 2.24) is 10.2 Å². The Morgan fingerprint density at radius 3 is 3.00 bits per heavy atom. The molecule has 0 radical (unpaired) electrons. The molecule has 1 fully saturated rings. The Labute approximate surface area is 127 Å². The van der Waals surface area contributed by atoms with Crippen LogP contribution in [0.5, 0.6) is 0 Å². The predicted octanol–water partition coefficient (Wildman–Crippen LogP) is 1.30. The molecule has 0 amide bonds. The van der Waals surface area contributed by atoms with E-state index in [9.17, 15) is 0 Å². The van der Waals surface area contributed by atoms with Gasteiger partial charge in [-0.3, -0.25) is 4.99 Å². The van der Waals surface area contributed by atoms with Crippen LogP contribution in [0.25, 0.3) is 0 Å². The molecule has 0 aromatic carbocycles. The Bertz CT molecular complexity index is 277. The molecule has 1 aliphatic rings. The molecule has 0 aliphatic carbocycles. The quantitative estimate of drug-likeness (QED) is 0.395. The fraction of sp³-hybridized carbons (Fsp3) is 0.929. The first-order chi connectivity index (χ1) is 9.81. The second-order valence-electron chi connectivity index (χ2n) is 4.90. The van der Waals surface area contributed by atoms with E-state index < -0.39 is 0 Å². The molecule has 1 aliphatic heterocycles. The van der Waals surface area contributed by atoms with Crippen molar-refractivity contribution < 1.29 is 9.47 Å². The van der Waals surface area contributed by atoms with Crippen LogP contribution < -0.4 is 5.32 Å². The highest BCUT2D eigenvalue weighted by Crippen LogP contribution is 2.16. The van der Waals surface area contributed by atoms with Gasteiger partial charge < -0.3 is 19.7 Å². The third-order valence-electron chi connectivity index (χ3n) is 3.26. The predicted molar refractivity (Wildman–Crippen MR) is 86.7 cm³/mol. The summed E-state index contributed by atoms with van der Waals surface area (Å²) in [6.45, 7) is 8.22. The maximum absolute atomic E-state index is 5.63. The summed E-state index contributed by atoms with van der Waals surface area (Å²) in [5, 5.41) is 3.39. The van der Waals surface area contributed by atoms with Crippen LogP contribution in [0.4, 0.5) is 0 Å². The first kappa shape index (κ1) is 17.6. The number of hydrogen-bond donors (Lipinski definition) is 1. The van der Waals surface area contributed by atoms with Crippen molar-refractivity contribution in [2.24, 2.45) is 10.9 Å². The summed E-state index contributed by atoms with van der Waals surface area (Å²) in [6, 6.07) is 0. The number of ether oxygens (including phenoxy) is 2. The van der Waals surface area contributed by atoms with E-state index in [-0.39, 0.29) is 0 Å². The van der Waals surface area contributed by atoms with Crippen molar-refractivity contribution in [3.63, 3.8) is 0 Å². The van der Waals surface area contributed by atoms with Crippen molar-refractivity contribution in [1.29, 1.82) is 0 Å². The Balaban J connectivity index is 2.32. The molecule has 20 heavy (non-hydrogen) atoms. The van der Waals surface area contributed by atoms with E-state index in [1.54, 1.807) is 7.11 Å². The monoisotopic (exact) mass is 303 g/mol. The van der Waals surface area contributed by atoms with Crippen LogP contribution in [-0.4, -0.2) is 76.0 Å². The average molecular weight is 303 g/mol. The molecule has 6 heteroatoms. The molecule has 1 atom stereocenters. The standard InChI is InChI=1S/C14H29N3O2S/c1-4-15-14(16-6-10-20-3)17-7-5-13(11-17)12-19-9-8-18-2/h13H,4-12H2,1-3H3,(H,15,16). The first-order valence-electron chi connectivity index (χ1n) is 7.40. The number of thioether (sulfide) groups is 1. The minimum Gasteiger partial charge on any atom is -0.382 e. The maximum Gasteiger partial charge on any atom is 0.193 e. The number of nitrogens with one attached hydrogen (secondary N) is 1. The fourth-order valence-electron chi connectivity index (χ4n) is 2.22. The van der Waals surface area contributed by atoms with Crippen molar-refractivity contribution in [3.8, 4) is 0 Å². The SMILES string of the molecule is CCNC(=NCCSC)N1CCC(COCCOC)C1. The van der Waals surface area contributed by atoms with Crippen LogP contribution in [-0.2, 0) is 9.47 Å². The molecule has 0 saturated carbocycles. The lowest BCUT2D eigenvalue weighted by molar-refractivity contribution is 0.0536. The van der Waals surface area contributed by atoms with E-state index in [4.69, 9.17) is 9.47 Å². The Morgan fingerprint density at radius 2 is 2.30 bits per heavy atom. The summed E-state index contributed by atoms with van der Waals surface area (Å²) >= 11 is 1.84. The number of methoxy groups -OCH3 is 1. The highest BCUT2D eigenvalue weighted by atomic mass is 32.2. The van der Waals surface area contributed by atoms with E-state index in [0.717, 1.165) is 44.5 Å². The van der Waals surface area contributed by atoms with Crippen molar-refractivity contribution in [2.45, 2.75) is 13.3 Å². The van der Waals surface area contributed by atoms with Crippen molar-refractivity contribution >= 4 is 17.7 Å². The van der Waals surface area contributed by atoms with Gasteiger partial charge in [0.05, 0.1) is 26.4 Å². The molecular weight excluding hydrogens is 274 g/mol. The van der Waals surface area contributed by atoms with Gasteiger partial charge in [0.25, 0.3) is 0 Å². The second-order valence-corrected chi connectivity index (χ2v) is 5.88. The summed E-state index contributed by atoms with van der Waals surface area (Å²) in [5.74, 6) is 2.74. The molecular formula is C14H29N3O2S. The van der Waals surface area contributed by atoms with Gasteiger partial charge in [0.1, 0.15) is 0 Å². The molecule has 0 aromatic rings. The molecule has 1 N–H and O–H groups in total. The highest BCUT2D eigenvalue weighted by Gasteiger charge is 2.24. The molecule has 0 bridgehead atoms. The molecule has 1 heterocycles. The van der Waals surface area contributed by atoms with Gasteiger partial charge in [0.2, 0.25) is 0 Å².